The number of nitrogens with two attached hydrogens (primary N) is 1. The van der Waals surface area contributed by atoms with Gasteiger partial charge in [0.25, 0.3) is 0 Å². The van der Waals surface area contributed by atoms with E-state index in [9.17, 15) is 0 Å². The van der Waals surface area contributed by atoms with Gasteiger partial charge in [-0.2, -0.15) is 0 Å². The third kappa shape index (κ3) is 2.25. The lowest BCUT2D eigenvalue weighted by Gasteiger charge is -2.30. The maximum absolute atomic E-state index is 6.08. The molecule has 1 nitrogen and oxygen atoms in total. The Balaban J connectivity index is 1.89. The van der Waals surface area contributed by atoms with Crippen molar-refractivity contribution >= 4 is 22.9 Å². The molecule has 2 N–H and O–H groups in total. The molecule has 1 aliphatic carbocycles. The smallest absolute Gasteiger partial charge is 0.0931 e. The van der Waals surface area contributed by atoms with Crippen LogP contribution in [-0.4, -0.2) is 6.04 Å². The van der Waals surface area contributed by atoms with E-state index in [-0.39, 0.29) is 0 Å². The summed E-state index contributed by atoms with van der Waals surface area (Å²) in [6.45, 7) is 0. The Bertz CT molecular complexity index is 280. The fourth-order valence-corrected chi connectivity index (χ4v) is 2.89. The molecule has 2 rings (SSSR count). The van der Waals surface area contributed by atoms with Crippen molar-refractivity contribution < 1.29 is 0 Å². The number of rotatable bonds is 3. The van der Waals surface area contributed by atoms with E-state index in [1.807, 2.05) is 6.07 Å². The summed E-state index contributed by atoms with van der Waals surface area (Å²) in [5.41, 5.74) is 6.08. The molecular weight excluding hydrogens is 202 g/mol. The van der Waals surface area contributed by atoms with Crippen LogP contribution in [0.1, 0.15) is 24.1 Å². The van der Waals surface area contributed by atoms with E-state index < -0.39 is 0 Å². The zero-order valence-corrected chi connectivity index (χ0v) is 9.07. The van der Waals surface area contributed by atoms with Crippen molar-refractivity contribution in [1.29, 1.82) is 0 Å². The summed E-state index contributed by atoms with van der Waals surface area (Å²) in [4.78, 5) is 1.32. The van der Waals surface area contributed by atoms with Gasteiger partial charge in [-0.1, -0.05) is 18.0 Å². The van der Waals surface area contributed by atoms with Crippen molar-refractivity contribution in [2.24, 2.45) is 11.7 Å². The van der Waals surface area contributed by atoms with Gasteiger partial charge in [-0.05, 0) is 37.3 Å². The molecule has 0 amide bonds. The van der Waals surface area contributed by atoms with E-state index in [0.717, 1.165) is 16.7 Å². The summed E-state index contributed by atoms with van der Waals surface area (Å²) < 4.78 is 0.871. The summed E-state index contributed by atoms with van der Waals surface area (Å²) in [6.07, 6.45) is 5.01. The number of thiophene rings is 1. The van der Waals surface area contributed by atoms with E-state index in [1.54, 1.807) is 11.3 Å². The molecular formula is C10H14ClNS. The summed E-state index contributed by atoms with van der Waals surface area (Å²) in [5, 5.41) is 0. The van der Waals surface area contributed by atoms with Gasteiger partial charge in [-0.3, -0.25) is 0 Å². The van der Waals surface area contributed by atoms with Crippen molar-refractivity contribution in [2.45, 2.75) is 31.7 Å². The van der Waals surface area contributed by atoms with Gasteiger partial charge in [0, 0.05) is 10.9 Å². The maximum Gasteiger partial charge on any atom is 0.0931 e. The second kappa shape index (κ2) is 3.99. The van der Waals surface area contributed by atoms with Crippen LogP contribution in [0.15, 0.2) is 12.1 Å². The molecule has 0 radical (unpaired) electrons. The lowest BCUT2D eigenvalue weighted by Crippen LogP contribution is -2.36. The predicted octanol–water partition coefficient (Wildman–Crippen LogP) is 3.07. The first-order chi connectivity index (χ1) is 6.25. The van der Waals surface area contributed by atoms with Gasteiger partial charge in [0.15, 0.2) is 0 Å². The Morgan fingerprint density at radius 2 is 2.31 bits per heavy atom. The van der Waals surface area contributed by atoms with Crippen LogP contribution in [0.25, 0.3) is 0 Å². The molecule has 0 aliphatic heterocycles. The SMILES string of the molecule is NC(Cc1ccc(Cl)s1)C1CCC1. The van der Waals surface area contributed by atoms with Crippen molar-refractivity contribution in [3.63, 3.8) is 0 Å². The highest BCUT2D eigenvalue weighted by atomic mass is 35.5. The third-order valence-electron chi connectivity index (χ3n) is 2.82. The highest BCUT2D eigenvalue weighted by Crippen LogP contribution is 2.31. The Labute approximate surface area is 87.9 Å². The zero-order chi connectivity index (χ0) is 9.26. The lowest BCUT2D eigenvalue weighted by molar-refractivity contribution is 0.261. The molecule has 1 unspecified atom stereocenters. The second-order valence-corrected chi connectivity index (χ2v) is 5.56. The number of hydrogen-bond acceptors (Lipinski definition) is 2. The van der Waals surface area contributed by atoms with Gasteiger partial charge in [-0.25, -0.2) is 0 Å². The van der Waals surface area contributed by atoms with Crippen LogP contribution in [0.3, 0.4) is 0 Å². The van der Waals surface area contributed by atoms with Crippen LogP contribution in [0.2, 0.25) is 4.34 Å². The quantitative estimate of drug-likeness (QED) is 0.824. The molecule has 1 aromatic rings. The van der Waals surface area contributed by atoms with E-state index in [0.29, 0.717) is 6.04 Å². The van der Waals surface area contributed by atoms with Gasteiger partial charge in [0.2, 0.25) is 0 Å². The van der Waals surface area contributed by atoms with Crippen LogP contribution < -0.4 is 5.73 Å². The molecule has 1 atom stereocenters. The van der Waals surface area contributed by atoms with Crippen molar-refractivity contribution in [3.8, 4) is 0 Å². The lowest BCUT2D eigenvalue weighted by atomic mass is 9.79. The summed E-state index contributed by atoms with van der Waals surface area (Å²) in [6, 6.07) is 4.39. The first-order valence-electron chi connectivity index (χ1n) is 4.75. The summed E-state index contributed by atoms with van der Waals surface area (Å²) >= 11 is 7.50. The number of hydrogen-bond donors (Lipinski definition) is 1. The Morgan fingerprint density at radius 3 is 2.77 bits per heavy atom. The van der Waals surface area contributed by atoms with Crippen LogP contribution in [0, 0.1) is 5.92 Å². The average molecular weight is 216 g/mol. The Kier molecular flexibility index (Phi) is 2.92. The molecule has 13 heavy (non-hydrogen) atoms. The first-order valence-corrected chi connectivity index (χ1v) is 5.95. The molecule has 0 bridgehead atoms. The minimum Gasteiger partial charge on any atom is -0.327 e. The zero-order valence-electron chi connectivity index (χ0n) is 7.50. The third-order valence-corrected chi connectivity index (χ3v) is 4.07. The van der Waals surface area contributed by atoms with E-state index in [2.05, 4.69) is 6.07 Å². The van der Waals surface area contributed by atoms with E-state index in [4.69, 9.17) is 17.3 Å². The molecule has 1 aliphatic rings. The molecule has 1 heterocycles. The van der Waals surface area contributed by atoms with Gasteiger partial charge >= 0.3 is 0 Å². The first kappa shape index (κ1) is 9.50. The van der Waals surface area contributed by atoms with E-state index >= 15 is 0 Å². The standard InChI is InChI=1S/C10H14ClNS/c11-10-5-4-8(13-10)6-9(12)7-2-1-3-7/h4-5,7,9H,1-3,6,12H2. The molecule has 72 valence electrons. The van der Waals surface area contributed by atoms with E-state index in [1.165, 1.54) is 24.1 Å². The van der Waals surface area contributed by atoms with Gasteiger partial charge in [0.1, 0.15) is 0 Å². The normalized spacial score (nSPS) is 19.8. The van der Waals surface area contributed by atoms with Crippen molar-refractivity contribution in [1.82, 2.24) is 0 Å². The summed E-state index contributed by atoms with van der Waals surface area (Å²) in [5.74, 6) is 0.765. The molecule has 0 saturated heterocycles. The predicted molar refractivity (Wildman–Crippen MR) is 58.3 cm³/mol. The van der Waals surface area contributed by atoms with Gasteiger partial charge in [-0.15, -0.1) is 11.3 Å². The highest BCUT2D eigenvalue weighted by Gasteiger charge is 2.24. The number of halogens is 1. The van der Waals surface area contributed by atoms with Gasteiger partial charge < -0.3 is 5.73 Å². The Hall–Kier alpha value is -0.0500. The van der Waals surface area contributed by atoms with Crippen molar-refractivity contribution in [2.75, 3.05) is 0 Å². The highest BCUT2D eigenvalue weighted by molar-refractivity contribution is 7.16. The fourth-order valence-electron chi connectivity index (χ4n) is 1.73. The van der Waals surface area contributed by atoms with Gasteiger partial charge in [0.05, 0.1) is 4.34 Å². The largest absolute Gasteiger partial charge is 0.327 e. The minimum atomic E-state index is 0.350. The molecule has 1 fully saturated rings. The monoisotopic (exact) mass is 215 g/mol. The maximum atomic E-state index is 6.08. The van der Waals surface area contributed by atoms with Crippen LogP contribution >= 0.6 is 22.9 Å². The molecule has 0 spiro atoms. The fraction of sp³-hybridized carbons (Fsp3) is 0.600. The Morgan fingerprint density at radius 1 is 1.54 bits per heavy atom. The average Bonchev–Trinajstić information content (AvgIpc) is 2.31. The molecule has 1 saturated carbocycles. The molecule has 0 aromatic carbocycles. The molecule has 1 aromatic heterocycles. The minimum absolute atomic E-state index is 0.350. The summed E-state index contributed by atoms with van der Waals surface area (Å²) in [7, 11) is 0. The topological polar surface area (TPSA) is 26.0 Å². The van der Waals surface area contributed by atoms with Crippen LogP contribution in [-0.2, 0) is 6.42 Å². The second-order valence-electron chi connectivity index (χ2n) is 3.76. The van der Waals surface area contributed by atoms with Crippen molar-refractivity contribution in [3.05, 3.63) is 21.3 Å². The van der Waals surface area contributed by atoms with Crippen LogP contribution in [0.4, 0.5) is 0 Å². The van der Waals surface area contributed by atoms with Crippen LogP contribution in [0.5, 0.6) is 0 Å². The molecule has 3 heteroatoms.